The van der Waals surface area contributed by atoms with Crippen molar-refractivity contribution < 1.29 is 4.79 Å². The van der Waals surface area contributed by atoms with Crippen LogP contribution in [0.15, 0.2) is 0 Å². The number of nitrogens with one attached hydrogen (secondary N) is 1. The molecular formula is C13H29N3O. The lowest BCUT2D eigenvalue weighted by Gasteiger charge is -2.34. The van der Waals surface area contributed by atoms with E-state index in [4.69, 9.17) is 5.73 Å². The Balaban J connectivity index is 4.26. The van der Waals surface area contributed by atoms with Crippen molar-refractivity contribution in [2.75, 3.05) is 20.1 Å². The van der Waals surface area contributed by atoms with E-state index < -0.39 is 0 Å². The number of hydrogen-bond acceptors (Lipinski definition) is 3. The highest BCUT2D eigenvalue weighted by Crippen LogP contribution is 2.13. The highest BCUT2D eigenvalue weighted by atomic mass is 16.1. The molecule has 0 aromatic heterocycles. The molecule has 2 unspecified atom stereocenters. The summed E-state index contributed by atoms with van der Waals surface area (Å²) in [5, 5.41) is 2.90. The molecule has 0 heterocycles. The van der Waals surface area contributed by atoms with Gasteiger partial charge in [0.1, 0.15) is 0 Å². The molecule has 17 heavy (non-hydrogen) atoms. The Morgan fingerprint density at radius 2 is 1.94 bits per heavy atom. The molecule has 0 aliphatic rings. The van der Waals surface area contributed by atoms with Crippen LogP contribution in [0.5, 0.6) is 0 Å². The van der Waals surface area contributed by atoms with Gasteiger partial charge in [0.05, 0.1) is 0 Å². The van der Waals surface area contributed by atoms with E-state index in [0.717, 1.165) is 13.0 Å². The van der Waals surface area contributed by atoms with Gasteiger partial charge in [-0.25, -0.2) is 0 Å². The number of amides is 1. The Bertz CT molecular complexity index is 219. The lowest BCUT2D eigenvalue weighted by atomic mass is 10.0. The fourth-order valence-electron chi connectivity index (χ4n) is 1.75. The molecule has 0 bridgehead atoms. The Morgan fingerprint density at radius 3 is 2.35 bits per heavy atom. The van der Waals surface area contributed by atoms with E-state index in [9.17, 15) is 4.79 Å². The summed E-state index contributed by atoms with van der Waals surface area (Å²) in [5.41, 5.74) is 5.77. The van der Waals surface area contributed by atoms with Crippen LogP contribution in [0.2, 0.25) is 0 Å². The summed E-state index contributed by atoms with van der Waals surface area (Å²) in [6.07, 6.45) is 1.46. The maximum atomic E-state index is 11.7. The molecule has 0 aliphatic carbocycles. The molecule has 3 N–H and O–H groups in total. The van der Waals surface area contributed by atoms with Crippen LogP contribution in [0.4, 0.5) is 0 Å². The largest absolute Gasteiger partial charge is 0.356 e. The third-order valence-corrected chi connectivity index (χ3v) is 3.45. The van der Waals surface area contributed by atoms with Crippen molar-refractivity contribution in [3.05, 3.63) is 0 Å². The topological polar surface area (TPSA) is 58.4 Å². The third kappa shape index (κ3) is 6.03. The van der Waals surface area contributed by atoms with Gasteiger partial charge in [0.25, 0.3) is 0 Å². The molecule has 0 aromatic rings. The van der Waals surface area contributed by atoms with Gasteiger partial charge in [-0.1, -0.05) is 20.8 Å². The molecule has 0 fully saturated rings. The molecule has 0 rings (SSSR count). The Hall–Kier alpha value is -0.610. The van der Waals surface area contributed by atoms with Gasteiger partial charge in [0.15, 0.2) is 0 Å². The van der Waals surface area contributed by atoms with Crippen LogP contribution < -0.4 is 11.1 Å². The zero-order valence-corrected chi connectivity index (χ0v) is 12.0. The lowest BCUT2D eigenvalue weighted by molar-refractivity contribution is -0.122. The van der Waals surface area contributed by atoms with Gasteiger partial charge >= 0.3 is 0 Å². The van der Waals surface area contributed by atoms with E-state index in [0.29, 0.717) is 24.9 Å². The van der Waals surface area contributed by atoms with Crippen molar-refractivity contribution in [3.8, 4) is 0 Å². The van der Waals surface area contributed by atoms with Gasteiger partial charge in [-0.3, -0.25) is 9.69 Å². The molecule has 1 amide bonds. The predicted molar refractivity (Wildman–Crippen MR) is 72.8 cm³/mol. The summed E-state index contributed by atoms with van der Waals surface area (Å²) in [6, 6.07) is 0.562. The number of hydrogen-bond donors (Lipinski definition) is 2. The monoisotopic (exact) mass is 243 g/mol. The van der Waals surface area contributed by atoms with Crippen molar-refractivity contribution in [3.63, 3.8) is 0 Å². The number of nitrogens with zero attached hydrogens (tertiary/aromatic N) is 1. The van der Waals surface area contributed by atoms with Crippen LogP contribution in [-0.2, 0) is 4.79 Å². The standard InChI is InChI=1S/C13H29N3O/c1-6-7-15-13(17)8-12(9-14)16(5)11(4)10(2)3/h10-12H,6-9,14H2,1-5H3,(H,15,17). The first-order chi connectivity index (χ1) is 7.93. The molecule has 0 saturated heterocycles. The molecule has 0 aromatic carbocycles. The highest BCUT2D eigenvalue weighted by Gasteiger charge is 2.22. The van der Waals surface area contributed by atoms with E-state index >= 15 is 0 Å². The average molecular weight is 243 g/mol. The molecule has 2 atom stereocenters. The molecule has 0 saturated carbocycles. The van der Waals surface area contributed by atoms with Gasteiger partial charge in [0.2, 0.25) is 5.91 Å². The summed E-state index contributed by atoms with van der Waals surface area (Å²) >= 11 is 0. The maximum absolute atomic E-state index is 11.7. The molecule has 0 radical (unpaired) electrons. The number of nitrogens with two attached hydrogens (primary N) is 1. The van der Waals surface area contributed by atoms with Gasteiger partial charge in [-0.15, -0.1) is 0 Å². The van der Waals surface area contributed by atoms with E-state index in [-0.39, 0.29) is 11.9 Å². The van der Waals surface area contributed by atoms with Crippen LogP contribution >= 0.6 is 0 Å². The van der Waals surface area contributed by atoms with Crippen molar-refractivity contribution in [1.82, 2.24) is 10.2 Å². The van der Waals surface area contributed by atoms with Crippen molar-refractivity contribution in [2.45, 2.75) is 52.6 Å². The van der Waals surface area contributed by atoms with Crippen LogP contribution in [-0.4, -0.2) is 43.0 Å². The molecule has 102 valence electrons. The SMILES string of the molecule is CCCNC(=O)CC(CN)N(C)C(C)C(C)C. The van der Waals surface area contributed by atoms with Crippen LogP contribution in [0, 0.1) is 5.92 Å². The van der Waals surface area contributed by atoms with Gasteiger partial charge in [-0.2, -0.15) is 0 Å². The van der Waals surface area contributed by atoms with Gasteiger partial charge in [0, 0.05) is 31.6 Å². The first kappa shape index (κ1) is 16.4. The van der Waals surface area contributed by atoms with Crippen LogP contribution in [0.25, 0.3) is 0 Å². The smallest absolute Gasteiger partial charge is 0.221 e. The van der Waals surface area contributed by atoms with Crippen LogP contribution in [0.1, 0.15) is 40.5 Å². The van der Waals surface area contributed by atoms with E-state index in [1.165, 1.54) is 0 Å². The van der Waals surface area contributed by atoms with Gasteiger partial charge < -0.3 is 11.1 Å². The van der Waals surface area contributed by atoms with Crippen molar-refractivity contribution >= 4 is 5.91 Å². The first-order valence-electron chi connectivity index (χ1n) is 6.62. The quantitative estimate of drug-likeness (QED) is 0.673. The minimum absolute atomic E-state index is 0.102. The number of rotatable bonds is 8. The van der Waals surface area contributed by atoms with E-state index in [2.05, 4.69) is 38.0 Å². The predicted octanol–water partition coefficient (Wildman–Crippen LogP) is 1.21. The van der Waals surface area contributed by atoms with E-state index in [1.807, 2.05) is 6.92 Å². The summed E-state index contributed by atoms with van der Waals surface area (Å²) in [6.45, 7) is 9.87. The summed E-state index contributed by atoms with van der Waals surface area (Å²) in [4.78, 5) is 13.9. The fraction of sp³-hybridized carbons (Fsp3) is 0.923. The number of carbonyl (C=O) groups is 1. The maximum Gasteiger partial charge on any atom is 0.221 e. The summed E-state index contributed by atoms with van der Waals surface area (Å²) < 4.78 is 0. The van der Waals surface area contributed by atoms with Crippen molar-refractivity contribution in [2.24, 2.45) is 11.7 Å². The lowest BCUT2D eigenvalue weighted by Crippen LogP contribution is -2.47. The average Bonchev–Trinajstić information content (AvgIpc) is 2.31. The zero-order valence-electron chi connectivity index (χ0n) is 12.0. The van der Waals surface area contributed by atoms with Crippen LogP contribution in [0.3, 0.4) is 0 Å². The summed E-state index contributed by atoms with van der Waals surface area (Å²) in [7, 11) is 2.05. The second-order valence-corrected chi connectivity index (χ2v) is 5.09. The third-order valence-electron chi connectivity index (χ3n) is 3.45. The minimum Gasteiger partial charge on any atom is -0.356 e. The number of carbonyl (C=O) groups excluding carboxylic acids is 1. The van der Waals surface area contributed by atoms with E-state index in [1.54, 1.807) is 0 Å². The molecule has 0 aliphatic heterocycles. The number of likely N-dealkylation sites (N-methyl/N-ethyl adjacent to an activating group) is 1. The molecule has 0 spiro atoms. The highest BCUT2D eigenvalue weighted by molar-refractivity contribution is 5.76. The van der Waals surface area contributed by atoms with Gasteiger partial charge in [-0.05, 0) is 26.3 Å². The summed E-state index contributed by atoms with van der Waals surface area (Å²) in [5.74, 6) is 0.665. The zero-order chi connectivity index (χ0) is 13.4. The Labute approximate surface area is 106 Å². The minimum atomic E-state index is 0.102. The van der Waals surface area contributed by atoms with Crippen molar-refractivity contribution in [1.29, 1.82) is 0 Å². The second kappa shape index (κ2) is 8.48. The second-order valence-electron chi connectivity index (χ2n) is 5.09. The molecular weight excluding hydrogens is 214 g/mol. The molecule has 4 nitrogen and oxygen atoms in total. The fourth-order valence-corrected chi connectivity index (χ4v) is 1.75. The Morgan fingerprint density at radius 1 is 1.35 bits per heavy atom. The molecule has 4 heteroatoms. The first-order valence-corrected chi connectivity index (χ1v) is 6.62. The Kier molecular flexibility index (Phi) is 8.17. The normalized spacial score (nSPS) is 15.1.